The van der Waals surface area contributed by atoms with Crippen molar-refractivity contribution < 1.29 is 4.79 Å². The van der Waals surface area contributed by atoms with Crippen LogP contribution < -0.4 is 5.73 Å². The Kier molecular flexibility index (Phi) is 3.65. The Hall–Kier alpha value is -1.84. The maximum Gasteiger partial charge on any atom is 0.219 e. The normalized spacial score (nSPS) is 16.6. The Morgan fingerprint density at radius 3 is 2.61 bits per heavy atom. The lowest BCUT2D eigenvalue weighted by atomic mass is 9.88. The van der Waals surface area contributed by atoms with E-state index in [-0.39, 0.29) is 11.7 Å². The number of nitrogens with one attached hydrogen (secondary N) is 1. The van der Waals surface area contributed by atoms with Gasteiger partial charge in [-0.15, -0.1) is 0 Å². The lowest BCUT2D eigenvalue weighted by Gasteiger charge is -2.31. The number of amidine groups is 1. The van der Waals surface area contributed by atoms with E-state index in [2.05, 4.69) is 6.07 Å². The maximum absolute atomic E-state index is 11.3. The fraction of sp³-hybridized carbons (Fsp3) is 0.429. The smallest absolute Gasteiger partial charge is 0.219 e. The van der Waals surface area contributed by atoms with Crippen molar-refractivity contribution in [2.45, 2.75) is 25.7 Å². The minimum Gasteiger partial charge on any atom is -0.384 e. The van der Waals surface area contributed by atoms with Gasteiger partial charge >= 0.3 is 0 Å². The van der Waals surface area contributed by atoms with Gasteiger partial charge in [0.15, 0.2) is 0 Å². The third-order valence-electron chi connectivity index (χ3n) is 3.61. The summed E-state index contributed by atoms with van der Waals surface area (Å²) in [6.45, 7) is 3.27. The number of hydrogen-bond acceptors (Lipinski definition) is 2. The topological polar surface area (TPSA) is 70.2 Å². The van der Waals surface area contributed by atoms with Crippen LogP contribution in [0.5, 0.6) is 0 Å². The van der Waals surface area contributed by atoms with Gasteiger partial charge in [0.05, 0.1) is 0 Å². The Morgan fingerprint density at radius 1 is 1.39 bits per heavy atom. The molecule has 4 nitrogen and oxygen atoms in total. The number of benzene rings is 1. The third-order valence-corrected chi connectivity index (χ3v) is 3.61. The van der Waals surface area contributed by atoms with E-state index in [0.717, 1.165) is 31.5 Å². The standard InChI is InChI=1S/C14H19N3O/c1-10(18)17-7-5-11(6-8-17)12-3-2-4-13(9-12)14(15)16/h2-4,9,11H,5-8H2,1H3,(H3,15,16). The Morgan fingerprint density at radius 2 is 2.06 bits per heavy atom. The highest BCUT2D eigenvalue weighted by Gasteiger charge is 2.21. The Balaban J connectivity index is 2.07. The minimum atomic E-state index is 0.109. The van der Waals surface area contributed by atoms with Gasteiger partial charge in [0.25, 0.3) is 0 Å². The number of carbonyl (C=O) groups is 1. The number of nitrogens with zero attached hydrogens (tertiary/aromatic N) is 1. The monoisotopic (exact) mass is 245 g/mol. The fourth-order valence-corrected chi connectivity index (χ4v) is 2.49. The summed E-state index contributed by atoms with van der Waals surface area (Å²) in [7, 11) is 0. The molecule has 96 valence electrons. The van der Waals surface area contributed by atoms with Crippen molar-refractivity contribution >= 4 is 11.7 Å². The van der Waals surface area contributed by atoms with Crippen LogP contribution in [0, 0.1) is 5.41 Å². The molecule has 0 atom stereocenters. The largest absolute Gasteiger partial charge is 0.384 e. The molecule has 0 spiro atoms. The number of amides is 1. The molecule has 1 heterocycles. The van der Waals surface area contributed by atoms with Crippen molar-refractivity contribution in [3.8, 4) is 0 Å². The van der Waals surface area contributed by atoms with E-state index >= 15 is 0 Å². The summed E-state index contributed by atoms with van der Waals surface area (Å²) >= 11 is 0. The first kappa shape index (κ1) is 12.6. The van der Waals surface area contributed by atoms with Crippen molar-refractivity contribution in [3.63, 3.8) is 0 Å². The van der Waals surface area contributed by atoms with Crippen LogP contribution in [0.4, 0.5) is 0 Å². The first-order valence-corrected chi connectivity index (χ1v) is 6.28. The van der Waals surface area contributed by atoms with Crippen LogP contribution in [0.1, 0.15) is 36.8 Å². The van der Waals surface area contributed by atoms with Gasteiger partial charge in [-0.05, 0) is 30.4 Å². The Labute approximate surface area is 107 Å². The highest BCUT2D eigenvalue weighted by atomic mass is 16.2. The van der Waals surface area contributed by atoms with E-state index in [9.17, 15) is 4.79 Å². The molecule has 1 amide bonds. The molecular weight excluding hydrogens is 226 g/mol. The second-order valence-electron chi connectivity index (χ2n) is 4.82. The van der Waals surface area contributed by atoms with Gasteiger partial charge in [0, 0.05) is 25.6 Å². The molecule has 1 fully saturated rings. The summed E-state index contributed by atoms with van der Waals surface area (Å²) in [6, 6.07) is 7.89. The van der Waals surface area contributed by atoms with E-state index in [4.69, 9.17) is 11.1 Å². The highest BCUT2D eigenvalue weighted by Crippen LogP contribution is 2.28. The van der Waals surface area contributed by atoms with E-state index in [1.165, 1.54) is 5.56 Å². The number of likely N-dealkylation sites (tertiary alicyclic amines) is 1. The highest BCUT2D eigenvalue weighted by molar-refractivity contribution is 5.95. The lowest BCUT2D eigenvalue weighted by molar-refractivity contribution is -0.129. The number of piperidine rings is 1. The quantitative estimate of drug-likeness (QED) is 0.615. The number of hydrogen-bond donors (Lipinski definition) is 2. The van der Waals surface area contributed by atoms with Gasteiger partial charge in [-0.2, -0.15) is 0 Å². The third kappa shape index (κ3) is 2.70. The molecule has 1 saturated heterocycles. The maximum atomic E-state index is 11.3. The molecule has 0 aromatic heterocycles. The molecule has 1 aromatic carbocycles. The zero-order valence-electron chi connectivity index (χ0n) is 10.6. The molecule has 2 rings (SSSR count). The van der Waals surface area contributed by atoms with Crippen LogP contribution in [-0.2, 0) is 4.79 Å². The van der Waals surface area contributed by atoms with Crippen molar-refractivity contribution in [2.24, 2.45) is 5.73 Å². The Bertz CT molecular complexity index is 462. The summed E-state index contributed by atoms with van der Waals surface area (Å²) < 4.78 is 0. The van der Waals surface area contributed by atoms with Gasteiger partial charge in [0.2, 0.25) is 5.91 Å². The first-order valence-electron chi connectivity index (χ1n) is 6.28. The summed E-state index contributed by atoms with van der Waals surface area (Å²) in [5.41, 5.74) is 7.51. The molecule has 1 aromatic rings. The fourth-order valence-electron chi connectivity index (χ4n) is 2.49. The summed E-state index contributed by atoms with van der Waals surface area (Å²) in [4.78, 5) is 13.2. The number of nitrogens with two attached hydrogens (primary N) is 1. The molecular formula is C14H19N3O. The van der Waals surface area contributed by atoms with Crippen molar-refractivity contribution in [2.75, 3.05) is 13.1 Å². The zero-order valence-corrected chi connectivity index (χ0v) is 10.6. The second kappa shape index (κ2) is 5.21. The van der Waals surface area contributed by atoms with Crippen LogP contribution in [0.3, 0.4) is 0 Å². The summed E-state index contributed by atoms with van der Waals surface area (Å²) in [5.74, 6) is 0.740. The summed E-state index contributed by atoms with van der Waals surface area (Å²) in [6.07, 6.45) is 1.97. The van der Waals surface area contributed by atoms with Gasteiger partial charge in [-0.3, -0.25) is 10.2 Å². The molecule has 0 radical (unpaired) electrons. The zero-order chi connectivity index (χ0) is 13.1. The van der Waals surface area contributed by atoms with Crippen molar-refractivity contribution in [1.82, 2.24) is 4.90 Å². The number of rotatable bonds is 2. The van der Waals surface area contributed by atoms with Gasteiger partial charge in [-0.1, -0.05) is 18.2 Å². The molecule has 18 heavy (non-hydrogen) atoms. The molecule has 0 unspecified atom stereocenters. The van der Waals surface area contributed by atoms with Crippen LogP contribution in [-0.4, -0.2) is 29.7 Å². The first-order chi connectivity index (χ1) is 8.58. The average Bonchev–Trinajstić information content (AvgIpc) is 2.39. The number of carbonyl (C=O) groups excluding carboxylic acids is 1. The predicted octanol–water partition coefficient (Wildman–Crippen LogP) is 1.70. The SMILES string of the molecule is CC(=O)N1CCC(c2cccc(C(=N)N)c2)CC1. The van der Waals surface area contributed by atoms with Crippen LogP contribution >= 0.6 is 0 Å². The van der Waals surface area contributed by atoms with Crippen LogP contribution in [0.25, 0.3) is 0 Å². The van der Waals surface area contributed by atoms with Crippen LogP contribution in [0.15, 0.2) is 24.3 Å². The van der Waals surface area contributed by atoms with Crippen molar-refractivity contribution in [1.29, 1.82) is 5.41 Å². The van der Waals surface area contributed by atoms with Crippen LogP contribution in [0.2, 0.25) is 0 Å². The average molecular weight is 245 g/mol. The van der Waals surface area contributed by atoms with Gasteiger partial charge in [-0.25, -0.2) is 0 Å². The van der Waals surface area contributed by atoms with E-state index in [1.54, 1.807) is 6.92 Å². The summed E-state index contributed by atoms with van der Waals surface area (Å²) in [5, 5.41) is 7.46. The van der Waals surface area contributed by atoms with Gasteiger partial charge < -0.3 is 10.6 Å². The lowest BCUT2D eigenvalue weighted by Crippen LogP contribution is -2.36. The van der Waals surface area contributed by atoms with Crippen molar-refractivity contribution in [3.05, 3.63) is 35.4 Å². The van der Waals surface area contributed by atoms with E-state index < -0.39 is 0 Å². The van der Waals surface area contributed by atoms with E-state index in [1.807, 2.05) is 23.1 Å². The molecule has 3 N–H and O–H groups in total. The predicted molar refractivity (Wildman–Crippen MR) is 71.7 cm³/mol. The molecule has 4 heteroatoms. The minimum absolute atomic E-state index is 0.109. The second-order valence-corrected chi connectivity index (χ2v) is 4.82. The molecule has 0 aliphatic carbocycles. The molecule has 0 saturated carbocycles. The molecule has 1 aliphatic heterocycles. The molecule has 0 bridgehead atoms. The number of nitrogen functional groups attached to an aromatic ring is 1. The molecule has 1 aliphatic rings. The van der Waals surface area contributed by atoms with Gasteiger partial charge in [0.1, 0.15) is 5.84 Å². The van der Waals surface area contributed by atoms with E-state index in [0.29, 0.717) is 5.92 Å².